The lowest BCUT2D eigenvalue weighted by molar-refractivity contribution is -0.147. The van der Waals surface area contributed by atoms with Crippen LogP contribution in [0.2, 0.25) is 0 Å². The number of carbonyl (C=O) groups excluding carboxylic acids is 2. The van der Waals surface area contributed by atoms with E-state index in [-0.39, 0.29) is 32.1 Å². The van der Waals surface area contributed by atoms with Crippen molar-refractivity contribution in [2.75, 3.05) is 26.4 Å². The van der Waals surface area contributed by atoms with E-state index >= 15 is 0 Å². The van der Waals surface area contributed by atoms with Crippen molar-refractivity contribution in [2.24, 2.45) is 0 Å². The number of ether oxygens (including phenoxy) is 1. The topological polar surface area (TPSA) is 131 Å². The molecular weight excluding hydrogens is 617 g/mol. The average Bonchev–Trinajstić information content (AvgIpc) is 3.05. The molecule has 2 unspecified atom stereocenters. The lowest BCUT2D eigenvalue weighted by Gasteiger charge is -2.15. The lowest BCUT2D eigenvalue weighted by Crippen LogP contribution is -2.27. The third-order valence-electron chi connectivity index (χ3n) is 7.88. The Kier molecular flexibility index (Phi) is 33.3. The molecule has 0 aliphatic rings. The van der Waals surface area contributed by atoms with Crippen LogP contribution in [0.4, 0.5) is 0 Å². The van der Waals surface area contributed by atoms with Gasteiger partial charge in [0.1, 0.15) is 12.7 Å². The largest absolute Gasteiger partial charge is 0.472 e. The number of amides is 1. The molecule has 0 fully saturated rings. The van der Waals surface area contributed by atoms with Crippen LogP contribution >= 0.6 is 7.82 Å². The molecule has 1 amide bonds. The quantitative estimate of drug-likeness (QED) is 0.0260. The van der Waals surface area contributed by atoms with Gasteiger partial charge in [0.25, 0.3) is 0 Å². The fourth-order valence-electron chi connectivity index (χ4n) is 4.98. The molecule has 0 radical (unpaired) electrons. The molecule has 3 N–H and O–H groups in total. The normalized spacial score (nSPS) is 13.7. The first kappa shape index (κ1) is 45.5. The van der Waals surface area contributed by atoms with Crippen LogP contribution in [0, 0.1) is 0 Å². The first-order valence-corrected chi connectivity index (χ1v) is 20.3. The van der Waals surface area contributed by atoms with E-state index in [9.17, 15) is 24.2 Å². The smallest absolute Gasteiger partial charge is 0.463 e. The second kappa shape index (κ2) is 34.4. The van der Waals surface area contributed by atoms with Gasteiger partial charge < -0.3 is 20.1 Å². The van der Waals surface area contributed by atoms with E-state index in [4.69, 9.17) is 13.8 Å². The number of rotatable bonds is 35. The van der Waals surface area contributed by atoms with Gasteiger partial charge in [0.05, 0.1) is 13.2 Å². The summed E-state index contributed by atoms with van der Waals surface area (Å²) in [5.41, 5.74) is 0. The molecule has 0 aromatic carbocycles. The van der Waals surface area contributed by atoms with Crippen LogP contribution in [-0.2, 0) is 27.9 Å². The number of carbonyl (C=O) groups is 2. The van der Waals surface area contributed by atoms with E-state index in [1.54, 1.807) is 0 Å². The minimum Gasteiger partial charge on any atom is -0.463 e. The standard InChI is InChI=1S/C37H70NO8P/c1-3-5-7-9-11-13-15-17-18-20-22-24-26-28-30-37(41)44-33-35(39)34-46-47(42,43)45-32-31-38-36(40)29-27-25-23-21-19-16-14-12-10-8-6-4-2/h9,11,15,17,35,39H,3-8,10,12-14,16,18-34H2,1-2H3,(H,38,40)(H,42,43)/b11-9-,17-15-. The SMILES string of the molecule is CCCC/C=C\C/C=C\CCCCCCCC(=O)OCC(O)COP(=O)(O)OCCNC(=O)CCCCCCCCCCCCCC. The molecule has 0 aliphatic carbocycles. The molecule has 0 aliphatic heterocycles. The van der Waals surface area contributed by atoms with Crippen molar-refractivity contribution in [3.63, 3.8) is 0 Å². The summed E-state index contributed by atoms with van der Waals surface area (Å²) in [6, 6.07) is 0. The molecule has 0 aromatic heterocycles. The van der Waals surface area contributed by atoms with Gasteiger partial charge in [0, 0.05) is 19.4 Å². The highest BCUT2D eigenvalue weighted by Gasteiger charge is 2.23. The third-order valence-corrected chi connectivity index (χ3v) is 8.87. The van der Waals surface area contributed by atoms with Gasteiger partial charge in [-0.25, -0.2) is 4.57 Å². The lowest BCUT2D eigenvalue weighted by atomic mass is 10.0. The van der Waals surface area contributed by atoms with Crippen molar-refractivity contribution in [3.05, 3.63) is 24.3 Å². The number of unbranched alkanes of at least 4 members (excludes halogenated alkanes) is 18. The van der Waals surface area contributed by atoms with E-state index in [2.05, 4.69) is 43.5 Å². The van der Waals surface area contributed by atoms with Crippen molar-refractivity contribution in [2.45, 2.75) is 174 Å². The van der Waals surface area contributed by atoms with E-state index in [0.717, 1.165) is 64.2 Å². The van der Waals surface area contributed by atoms with Crippen LogP contribution in [0.5, 0.6) is 0 Å². The van der Waals surface area contributed by atoms with Gasteiger partial charge >= 0.3 is 13.8 Å². The number of esters is 1. The Bertz CT molecular complexity index is 835. The van der Waals surface area contributed by atoms with E-state index in [1.165, 1.54) is 77.0 Å². The summed E-state index contributed by atoms with van der Waals surface area (Å²) in [6.45, 7) is 3.48. The Morgan fingerprint density at radius 3 is 1.77 bits per heavy atom. The zero-order chi connectivity index (χ0) is 34.7. The predicted molar refractivity (Wildman–Crippen MR) is 192 cm³/mol. The average molecular weight is 688 g/mol. The molecular formula is C37H70NO8P. The van der Waals surface area contributed by atoms with Crippen molar-refractivity contribution < 1.29 is 37.9 Å². The fourth-order valence-corrected chi connectivity index (χ4v) is 5.74. The summed E-state index contributed by atoms with van der Waals surface area (Å²) < 4.78 is 26.7. The van der Waals surface area contributed by atoms with Crippen LogP contribution in [0.1, 0.15) is 168 Å². The Balaban J connectivity index is 3.64. The second-order valence-corrected chi connectivity index (χ2v) is 14.0. The number of nitrogens with one attached hydrogen (secondary N) is 1. The van der Waals surface area contributed by atoms with Crippen LogP contribution in [0.25, 0.3) is 0 Å². The van der Waals surface area contributed by atoms with Crippen LogP contribution < -0.4 is 5.32 Å². The first-order chi connectivity index (χ1) is 22.8. The van der Waals surface area contributed by atoms with Crippen molar-refractivity contribution in [3.8, 4) is 0 Å². The Morgan fingerprint density at radius 1 is 0.660 bits per heavy atom. The van der Waals surface area contributed by atoms with Crippen LogP contribution in [0.3, 0.4) is 0 Å². The van der Waals surface area contributed by atoms with Crippen molar-refractivity contribution >= 4 is 19.7 Å². The molecule has 47 heavy (non-hydrogen) atoms. The highest BCUT2D eigenvalue weighted by molar-refractivity contribution is 7.47. The Labute approximate surface area is 287 Å². The number of phosphoric ester groups is 1. The number of hydrogen-bond acceptors (Lipinski definition) is 7. The zero-order valence-electron chi connectivity index (χ0n) is 30.0. The summed E-state index contributed by atoms with van der Waals surface area (Å²) in [7, 11) is -4.41. The molecule has 0 saturated carbocycles. The van der Waals surface area contributed by atoms with Crippen molar-refractivity contribution in [1.82, 2.24) is 5.32 Å². The molecule has 10 heteroatoms. The van der Waals surface area contributed by atoms with Crippen molar-refractivity contribution in [1.29, 1.82) is 0 Å². The second-order valence-electron chi connectivity index (χ2n) is 12.6. The summed E-state index contributed by atoms with van der Waals surface area (Å²) in [5, 5.41) is 12.6. The van der Waals surface area contributed by atoms with Gasteiger partial charge in [-0.2, -0.15) is 0 Å². The number of aliphatic hydroxyl groups is 1. The Morgan fingerprint density at radius 2 is 1.17 bits per heavy atom. The molecule has 0 heterocycles. The highest BCUT2D eigenvalue weighted by atomic mass is 31.2. The zero-order valence-corrected chi connectivity index (χ0v) is 30.9. The van der Waals surface area contributed by atoms with Crippen LogP contribution in [-0.4, -0.2) is 54.3 Å². The van der Waals surface area contributed by atoms with Gasteiger partial charge in [0.15, 0.2) is 0 Å². The maximum atomic E-state index is 12.0. The third kappa shape index (κ3) is 35.6. The summed E-state index contributed by atoms with van der Waals surface area (Å²) in [4.78, 5) is 33.7. The Hall–Kier alpha value is -1.51. The van der Waals surface area contributed by atoms with Gasteiger partial charge in [0.2, 0.25) is 5.91 Å². The molecule has 0 bridgehead atoms. The molecule has 0 saturated heterocycles. The summed E-state index contributed by atoms with van der Waals surface area (Å²) in [6.07, 6.45) is 33.9. The van der Waals surface area contributed by atoms with Gasteiger partial charge in [-0.05, 0) is 38.5 Å². The maximum Gasteiger partial charge on any atom is 0.472 e. The minimum atomic E-state index is -4.41. The van der Waals surface area contributed by atoms with Crippen LogP contribution in [0.15, 0.2) is 24.3 Å². The molecule has 9 nitrogen and oxygen atoms in total. The fraction of sp³-hybridized carbons (Fsp3) is 0.838. The number of phosphoric acid groups is 1. The van der Waals surface area contributed by atoms with Gasteiger partial charge in [-0.3, -0.25) is 18.6 Å². The number of hydrogen-bond donors (Lipinski definition) is 3. The predicted octanol–water partition coefficient (Wildman–Crippen LogP) is 9.65. The molecule has 276 valence electrons. The molecule has 2 atom stereocenters. The number of aliphatic hydroxyl groups excluding tert-OH is 1. The number of allylic oxidation sites excluding steroid dienone is 4. The van der Waals surface area contributed by atoms with Gasteiger partial charge in [-0.15, -0.1) is 0 Å². The maximum absolute atomic E-state index is 12.0. The van der Waals surface area contributed by atoms with Gasteiger partial charge in [-0.1, -0.05) is 141 Å². The van der Waals surface area contributed by atoms with E-state index in [0.29, 0.717) is 6.42 Å². The molecule has 0 aromatic rings. The summed E-state index contributed by atoms with van der Waals surface area (Å²) >= 11 is 0. The van der Waals surface area contributed by atoms with E-state index in [1.807, 2.05) is 0 Å². The van der Waals surface area contributed by atoms with E-state index < -0.39 is 26.5 Å². The molecule has 0 rings (SSSR count). The minimum absolute atomic E-state index is 0.0826. The highest BCUT2D eigenvalue weighted by Crippen LogP contribution is 2.42. The monoisotopic (exact) mass is 687 g/mol. The summed E-state index contributed by atoms with van der Waals surface area (Å²) in [5.74, 6) is -0.530. The molecule has 0 spiro atoms. The first-order valence-electron chi connectivity index (χ1n) is 18.8.